The van der Waals surface area contributed by atoms with E-state index in [0.29, 0.717) is 65.5 Å². The molecule has 9 nitrogen and oxygen atoms in total. The van der Waals surface area contributed by atoms with Crippen LogP contribution >= 0.6 is 0 Å². The molecule has 0 aliphatic carbocycles. The number of amides is 1. The molecule has 37 heavy (non-hydrogen) atoms. The quantitative estimate of drug-likeness (QED) is 0.388. The number of benzene rings is 2. The molecule has 1 aliphatic heterocycles. The van der Waals surface area contributed by atoms with Crippen LogP contribution in [-0.2, 0) is 16.6 Å². The first-order chi connectivity index (χ1) is 17.9. The van der Waals surface area contributed by atoms with Gasteiger partial charge in [0.2, 0.25) is 11.9 Å². The summed E-state index contributed by atoms with van der Waals surface area (Å²) in [5, 5.41) is 5.79. The van der Waals surface area contributed by atoms with Crippen LogP contribution in [0.4, 0.5) is 27.4 Å². The number of aromatic nitrogens is 3. The van der Waals surface area contributed by atoms with Crippen molar-refractivity contribution in [1.82, 2.24) is 14.5 Å². The zero-order chi connectivity index (χ0) is 25.9. The molecule has 0 unspecified atom stereocenters. The fraction of sp³-hybridized carbons (Fsp3) is 0.185. The first-order valence-corrected chi connectivity index (χ1v) is 11.7. The minimum Gasteiger partial charge on any atom is -0.378 e. The highest BCUT2D eigenvalue weighted by Crippen LogP contribution is 2.29. The molecule has 1 saturated heterocycles. The fourth-order valence-electron chi connectivity index (χ4n) is 4.24. The van der Waals surface area contributed by atoms with Gasteiger partial charge in [0, 0.05) is 43.1 Å². The minimum atomic E-state index is -0.353. The molecule has 1 aliphatic rings. The molecule has 10 heteroatoms. The summed E-state index contributed by atoms with van der Waals surface area (Å²) < 4.78 is 21.7. The first kappa shape index (κ1) is 24.1. The molecule has 0 saturated carbocycles. The van der Waals surface area contributed by atoms with E-state index in [0.717, 1.165) is 0 Å². The lowest BCUT2D eigenvalue weighted by atomic mass is 10.0. The number of hydrogen-bond acceptors (Lipinski definition) is 7. The number of pyridine rings is 1. The molecule has 2 N–H and O–H groups in total. The number of anilines is 4. The third kappa shape index (κ3) is 5.05. The average Bonchev–Trinajstić information content (AvgIpc) is 2.91. The van der Waals surface area contributed by atoms with E-state index in [9.17, 15) is 14.0 Å². The van der Waals surface area contributed by atoms with Gasteiger partial charge in [0.05, 0.1) is 30.6 Å². The first-order valence-electron chi connectivity index (χ1n) is 11.7. The number of aryl methyl sites for hydroxylation is 1. The van der Waals surface area contributed by atoms with Gasteiger partial charge in [-0.25, -0.2) is 14.4 Å². The molecule has 4 aromatic rings. The van der Waals surface area contributed by atoms with Crippen LogP contribution in [0.15, 0.2) is 72.2 Å². The van der Waals surface area contributed by atoms with Crippen molar-refractivity contribution >= 4 is 40.0 Å². The maximum atomic E-state index is 14.9. The number of morpholine rings is 1. The van der Waals surface area contributed by atoms with E-state index in [1.54, 1.807) is 43.6 Å². The number of fused-ring (bicyclic) bond motifs is 1. The summed E-state index contributed by atoms with van der Waals surface area (Å²) in [5.74, 6) is -0.442. The molecular weight excluding hydrogens is 475 g/mol. The molecule has 1 amide bonds. The molecule has 2 aromatic carbocycles. The number of ether oxygens (including phenoxy) is 1. The zero-order valence-electron chi connectivity index (χ0n) is 20.2. The smallest absolute Gasteiger partial charge is 0.251 e. The van der Waals surface area contributed by atoms with Gasteiger partial charge < -0.3 is 24.8 Å². The monoisotopic (exact) mass is 500 g/mol. The third-order valence-electron chi connectivity index (χ3n) is 6.17. The SMILES string of the molecule is C=CC(=O)Nc1cccc(-c2cc(=O)n(C)c3cnc(Nc4ccc(N5CCOCC5)c(F)c4)nc23)c1. The van der Waals surface area contributed by atoms with E-state index < -0.39 is 0 Å². The summed E-state index contributed by atoms with van der Waals surface area (Å²) in [6, 6.07) is 13.5. The molecule has 0 atom stereocenters. The van der Waals surface area contributed by atoms with E-state index >= 15 is 0 Å². The molecule has 2 aromatic heterocycles. The number of hydrogen-bond donors (Lipinski definition) is 2. The Labute approximate surface area is 212 Å². The van der Waals surface area contributed by atoms with E-state index in [4.69, 9.17) is 4.74 Å². The van der Waals surface area contributed by atoms with E-state index in [2.05, 4.69) is 27.2 Å². The molecule has 188 valence electrons. The van der Waals surface area contributed by atoms with Crippen molar-refractivity contribution in [2.24, 2.45) is 7.05 Å². The Hall–Kier alpha value is -4.57. The van der Waals surface area contributed by atoms with Crippen LogP contribution in [0.5, 0.6) is 0 Å². The van der Waals surface area contributed by atoms with Gasteiger partial charge in [-0.05, 0) is 42.0 Å². The van der Waals surface area contributed by atoms with Crippen LogP contribution in [0, 0.1) is 5.82 Å². The zero-order valence-corrected chi connectivity index (χ0v) is 20.2. The van der Waals surface area contributed by atoms with Crippen LogP contribution in [-0.4, -0.2) is 46.7 Å². The molecule has 1 fully saturated rings. The van der Waals surface area contributed by atoms with Crippen LogP contribution in [0.25, 0.3) is 22.2 Å². The van der Waals surface area contributed by atoms with E-state index in [-0.39, 0.29) is 23.2 Å². The standard InChI is InChI=1S/C27H25FN6O3/c1-3-24(35)30-18-6-4-5-17(13-18)20-15-25(36)33(2)23-16-29-27(32-26(20)23)31-19-7-8-22(21(28)14-19)34-9-11-37-12-10-34/h3-8,13-16H,1,9-12H2,2H3,(H,30,35)(H,29,31,32). The second kappa shape index (κ2) is 10.2. The van der Waals surface area contributed by atoms with Crippen LogP contribution < -0.4 is 21.1 Å². The average molecular weight is 501 g/mol. The number of nitrogens with one attached hydrogen (secondary N) is 2. The predicted octanol–water partition coefficient (Wildman–Crippen LogP) is 3.84. The normalized spacial score (nSPS) is 13.4. The highest BCUT2D eigenvalue weighted by Gasteiger charge is 2.16. The summed E-state index contributed by atoms with van der Waals surface area (Å²) in [4.78, 5) is 35.4. The van der Waals surface area contributed by atoms with Gasteiger partial charge in [0.15, 0.2) is 0 Å². The third-order valence-corrected chi connectivity index (χ3v) is 6.17. The topological polar surface area (TPSA) is 101 Å². The van der Waals surface area contributed by atoms with Crippen LogP contribution in [0.3, 0.4) is 0 Å². The maximum absolute atomic E-state index is 14.9. The Kier molecular flexibility index (Phi) is 6.65. The molecule has 0 radical (unpaired) electrons. The second-order valence-electron chi connectivity index (χ2n) is 8.55. The van der Waals surface area contributed by atoms with Crippen molar-refractivity contribution in [2.45, 2.75) is 0 Å². The highest BCUT2D eigenvalue weighted by molar-refractivity contribution is 6.00. The van der Waals surface area contributed by atoms with Gasteiger partial charge in [-0.3, -0.25) is 9.59 Å². The molecule has 5 rings (SSSR count). The lowest BCUT2D eigenvalue weighted by Gasteiger charge is -2.29. The summed E-state index contributed by atoms with van der Waals surface area (Å²) >= 11 is 0. The van der Waals surface area contributed by atoms with E-state index in [1.165, 1.54) is 22.8 Å². The van der Waals surface area contributed by atoms with Crippen molar-refractivity contribution in [3.05, 3.63) is 83.6 Å². The summed E-state index contributed by atoms with van der Waals surface area (Å²) in [7, 11) is 1.64. The Morgan fingerprint density at radius 1 is 1.14 bits per heavy atom. The van der Waals surface area contributed by atoms with Crippen LogP contribution in [0.1, 0.15) is 0 Å². The van der Waals surface area contributed by atoms with Crippen molar-refractivity contribution in [3.8, 4) is 11.1 Å². The second-order valence-corrected chi connectivity index (χ2v) is 8.55. The Bertz CT molecular complexity index is 1560. The Balaban J connectivity index is 1.50. The van der Waals surface area contributed by atoms with Gasteiger partial charge in [0.1, 0.15) is 11.3 Å². The van der Waals surface area contributed by atoms with Crippen LogP contribution in [0.2, 0.25) is 0 Å². The Morgan fingerprint density at radius 2 is 1.95 bits per heavy atom. The van der Waals surface area contributed by atoms with Gasteiger partial charge in [-0.1, -0.05) is 18.7 Å². The number of carbonyl (C=O) groups is 1. The number of carbonyl (C=O) groups excluding carboxylic acids is 1. The van der Waals surface area contributed by atoms with Crippen molar-refractivity contribution in [1.29, 1.82) is 0 Å². The number of halogens is 1. The van der Waals surface area contributed by atoms with Gasteiger partial charge in [-0.2, -0.15) is 0 Å². The lowest BCUT2D eigenvalue weighted by Crippen LogP contribution is -2.36. The fourth-order valence-corrected chi connectivity index (χ4v) is 4.24. The number of rotatable bonds is 6. The molecule has 3 heterocycles. The predicted molar refractivity (Wildman–Crippen MR) is 142 cm³/mol. The van der Waals surface area contributed by atoms with Gasteiger partial charge >= 0.3 is 0 Å². The van der Waals surface area contributed by atoms with Gasteiger partial charge in [-0.15, -0.1) is 0 Å². The molecular formula is C27H25FN6O3. The van der Waals surface area contributed by atoms with Gasteiger partial charge in [0.25, 0.3) is 5.56 Å². The largest absolute Gasteiger partial charge is 0.378 e. The minimum absolute atomic E-state index is 0.229. The molecule has 0 spiro atoms. The summed E-state index contributed by atoms with van der Waals surface area (Å²) in [6.45, 7) is 5.88. The van der Waals surface area contributed by atoms with Crippen molar-refractivity contribution in [2.75, 3.05) is 41.8 Å². The van der Waals surface area contributed by atoms with Crippen molar-refractivity contribution in [3.63, 3.8) is 0 Å². The summed E-state index contributed by atoms with van der Waals surface area (Å²) in [5.41, 5.74) is 3.66. The summed E-state index contributed by atoms with van der Waals surface area (Å²) in [6.07, 6.45) is 2.74. The van der Waals surface area contributed by atoms with E-state index in [1.807, 2.05) is 11.0 Å². The number of nitrogens with zero attached hydrogens (tertiary/aromatic N) is 4. The lowest BCUT2D eigenvalue weighted by molar-refractivity contribution is -0.111. The Morgan fingerprint density at radius 3 is 2.70 bits per heavy atom. The maximum Gasteiger partial charge on any atom is 0.251 e. The highest BCUT2D eigenvalue weighted by atomic mass is 19.1. The molecule has 0 bridgehead atoms. The van der Waals surface area contributed by atoms with Crippen molar-refractivity contribution < 1.29 is 13.9 Å².